The van der Waals surface area contributed by atoms with E-state index in [9.17, 15) is 14.4 Å². The lowest BCUT2D eigenvalue weighted by atomic mass is 10.1. The van der Waals surface area contributed by atoms with Crippen molar-refractivity contribution in [3.8, 4) is 22.8 Å². The molecule has 3 N–H and O–H groups in total. The Kier molecular flexibility index (Phi) is 7.07. The summed E-state index contributed by atoms with van der Waals surface area (Å²) in [5.74, 6) is -0.876. The smallest absolute Gasteiger partial charge is 0.255 e. The van der Waals surface area contributed by atoms with Crippen molar-refractivity contribution in [1.29, 1.82) is 0 Å². The number of Topliss-reactive ketones (excluding diaryl/α,β-unsaturated/α-hetero) is 1. The van der Waals surface area contributed by atoms with E-state index in [1.165, 1.54) is 35.6 Å². The van der Waals surface area contributed by atoms with Crippen LogP contribution in [0.15, 0.2) is 60.0 Å². The maximum Gasteiger partial charge on any atom is 0.255 e. The molecule has 0 saturated carbocycles. The predicted octanol–water partition coefficient (Wildman–Crippen LogP) is 3.76. The molecule has 9 heteroatoms. The summed E-state index contributed by atoms with van der Waals surface area (Å²) in [5, 5.41) is 5.75. The van der Waals surface area contributed by atoms with Gasteiger partial charge in [0.1, 0.15) is 5.69 Å². The summed E-state index contributed by atoms with van der Waals surface area (Å²) in [6, 6.07) is 15.9. The van der Waals surface area contributed by atoms with Gasteiger partial charge in [-0.2, -0.15) is 0 Å². The van der Waals surface area contributed by atoms with Gasteiger partial charge in [0.05, 0.1) is 19.3 Å². The first kappa shape index (κ1) is 23.9. The highest BCUT2D eigenvalue weighted by atomic mass is 32.1. The van der Waals surface area contributed by atoms with Gasteiger partial charge in [0.2, 0.25) is 0 Å². The molecule has 0 bridgehead atoms. The standard InChI is InChI=1S/C26H23N3O5S/c1-15-5-3-6-17-18(14-35-25(15)17)19-7-4-8-20(29-19)21(30)12-28-26(32)16-9-10-22(23(11-16)33-2)34-13-24(27)31/h3-11,14H,12-13H2,1-2H3,(H2,27,31)(H,28,32). The van der Waals surface area contributed by atoms with Crippen LogP contribution in [0.2, 0.25) is 0 Å². The van der Waals surface area contributed by atoms with Gasteiger partial charge in [-0.25, -0.2) is 4.98 Å². The maximum atomic E-state index is 12.8. The van der Waals surface area contributed by atoms with Crippen LogP contribution in [0.4, 0.5) is 0 Å². The van der Waals surface area contributed by atoms with E-state index in [0.717, 1.165) is 10.9 Å². The molecule has 2 amide bonds. The topological polar surface area (TPSA) is 121 Å². The molecule has 2 heterocycles. The second-order valence-electron chi connectivity index (χ2n) is 7.74. The fourth-order valence-corrected chi connectivity index (χ4v) is 4.61. The minimum absolute atomic E-state index is 0.221. The van der Waals surface area contributed by atoms with E-state index in [-0.39, 0.29) is 41.7 Å². The summed E-state index contributed by atoms with van der Waals surface area (Å²) in [6.07, 6.45) is 0. The van der Waals surface area contributed by atoms with Gasteiger partial charge in [-0.15, -0.1) is 11.3 Å². The summed E-state index contributed by atoms with van der Waals surface area (Å²) in [7, 11) is 1.41. The molecular formula is C26H23N3O5S. The first-order chi connectivity index (χ1) is 16.9. The number of nitrogens with zero attached hydrogens (tertiary/aromatic N) is 1. The number of hydrogen-bond donors (Lipinski definition) is 2. The Morgan fingerprint density at radius 2 is 1.86 bits per heavy atom. The molecule has 0 atom stereocenters. The van der Waals surface area contributed by atoms with Crippen molar-refractivity contribution >= 4 is 39.0 Å². The third kappa shape index (κ3) is 5.30. The Morgan fingerprint density at radius 3 is 2.63 bits per heavy atom. The lowest BCUT2D eigenvalue weighted by Gasteiger charge is -2.11. The number of fused-ring (bicyclic) bond motifs is 1. The molecule has 4 aromatic rings. The van der Waals surface area contributed by atoms with Crippen LogP contribution in [0.1, 0.15) is 26.4 Å². The van der Waals surface area contributed by atoms with Crippen LogP contribution < -0.4 is 20.5 Å². The fraction of sp³-hybridized carbons (Fsp3) is 0.154. The molecule has 178 valence electrons. The normalized spacial score (nSPS) is 10.7. The Morgan fingerprint density at radius 1 is 1.06 bits per heavy atom. The summed E-state index contributed by atoms with van der Waals surface area (Å²) in [4.78, 5) is 40.9. The average molecular weight is 490 g/mol. The van der Waals surface area contributed by atoms with E-state index in [2.05, 4.69) is 23.3 Å². The zero-order valence-electron chi connectivity index (χ0n) is 19.2. The third-order valence-electron chi connectivity index (χ3n) is 5.31. The molecule has 0 radical (unpaired) electrons. The lowest BCUT2D eigenvalue weighted by Crippen LogP contribution is -2.30. The summed E-state index contributed by atoms with van der Waals surface area (Å²) in [6.45, 7) is 1.53. The number of pyridine rings is 1. The molecular weight excluding hydrogens is 466 g/mol. The quantitative estimate of drug-likeness (QED) is 0.346. The zero-order chi connectivity index (χ0) is 24.9. The number of hydrogen-bond acceptors (Lipinski definition) is 7. The van der Waals surface area contributed by atoms with Crippen LogP contribution >= 0.6 is 11.3 Å². The number of amides is 2. The van der Waals surface area contributed by atoms with Gasteiger partial charge < -0.3 is 20.5 Å². The molecule has 0 aliphatic rings. The molecule has 0 spiro atoms. The van der Waals surface area contributed by atoms with Crippen LogP contribution in [0.3, 0.4) is 0 Å². The number of rotatable bonds is 9. The molecule has 0 fully saturated rings. The number of primary amides is 1. The molecule has 0 aliphatic carbocycles. The minimum Gasteiger partial charge on any atom is -0.493 e. The van der Waals surface area contributed by atoms with Gasteiger partial charge in [-0.1, -0.05) is 24.3 Å². The fourth-order valence-electron chi connectivity index (χ4n) is 3.57. The number of ketones is 1. The number of nitrogens with two attached hydrogens (primary N) is 1. The van der Waals surface area contributed by atoms with Crippen LogP contribution in [-0.2, 0) is 4.79 Å². The van der Waals surface area contributed by atoms with E-state index in [1.54, 1.807) is 23.5 Å². The van der Waals surface area contributed by atoms with Gasteiger partial charge >= 0.3 is 0 Å². The Bertz CT molecular complexity index is 1430. The Balaban J connectivity index is 1.46. The van der Waals surface area contributed by atoms with Crippen molar-refractivity contribution in [2.45, 2.75) is 6.92 Å². The van der Waals surface area contributed by atoms with Crippen LogP contribution in [0.5, 0.6) is 11.5 Å². The van der Waals surface area contributed by atoms with Gasteiger partial charge in [-0.3, -0.25) is 14.4 Å². The van der Waals surface area contributed by atoms with E-state index < -0.39 is 11.8 Å². The minimum atomic E-state index is -0.632. The SMILES string of the molecule is COc1cc(C(=O)NCC(=O)c2cccc(-c3csc4c(C)cccc34)n2)ccc1OCC(N)=O. The van der Waals surface area contributed by atoms with Crippen molar-refractivity contribution in [3.05, 3.63) is 76.8 Å². The molecule has 0 aliphatic heterocycles. The Hall–Kier alpha value is -4.24. The number of carbonyl (C=O) groups excluding carboxylic acids is 3. The van der Waals surface area contributed by atoms with Crippen LogP contribution in [0.25, 0.3) is 21.3 Å². The molecule has 0 unspecified atom stereocenters. The molecule has 4 rings (SSSR count). The maximum absolute atomic E-state index is 12.8. The van der Waals surface area contributed by atoms with Crippen LogP contribution in [-0.4, -0.2) is 42.8 Å². The first-order valence-corrected chi connectivity index (χ1v) is 11.6. The zero-order valence-corrected chi connectivity index (χ0v) is 20.0. The highest BCUT2D eigenvalue weighted by Crippen LogP contribution is 2.34. The van der Waals surface area contributed by atoms with Gasteiger partial charge in [0.25, 0.3) is 11.8 Å². The van der Waals surface area contributed by atoms with E-state index in [4.69, 9.17) is 15.2 Å². The first-order valence-electron chi connectivity index (χ1n) is 10.7. The van der Waals surface area contributed by atoms with Crippen molar-refractivity contribution in [1.82, 2.24) is 10.3 Å². The average Bonchev–Trinajstić information content (AvgIpc) is 3.31. The molecule has 2 aromatic carbocycles. The van der Waals surface area contributed by atoms with Gasteiger partial charge in [0.15, 0.2) is 23.9 Å². The predicted molar refractivity (Wildman–Crippen MR) is 134 cm³/mol. The lowest BCUT2D eigenvalue weighted by molar-refractivity contribution is -0.119. The van der Waals surface area contributed by atoms with E-state index in [1.807, 2.05) is 23.6 Å². The third-order valence-corrected chi connectivity index (χ3v) is 6.44. The number of ether oxygens (including phenoxy) is 2. The largest absolute Gasteiger partial charge is 0.493 e. The van der Waals surface area contributed by atoms with Gasteiger partial charge in [-0.05, 0) is 42.8 Å². The summed E-state index contributed by atoms with van der Waals surface area (Å²) in [5.41, 5.74) is 8.49. The van der Waals surface area contributed by atoms with E-state index in [0.29, 0.717) is 5.69 Å². The molecule has 0 saturated heterocycles. The number of nitrogens with one attached hydrogen (secondary N) is 1. The Labute approximate surface area is 205 Å². The molecule has 2 aromatic heterocycles. The second-order valence-corrected chi connectivity index (χ2v) is 8.62. The number of carbonyl (C=O) groups is 3. The highest BCUT2D eigenvalue weighted by molar-refractivity contribution is 7.18. The molecule has 35 heavy (non-hydrogen) atoms. The van der Waals surface area contributed by atoms with Crippen LogP contribution in [0, 0.1) is 6.92 Å². The number of aromatic nitrogens is 1. The summed E-state index contributed by atoms with van der Waals surface area (Å²) >= 11 is 1.65. The van der Waals surface area contributed by atoms with Gasteiger partial charge in [0, 0.05) is 26.6 Å². The number of thiophene rings is 1. The van der Waals surface area contributed by atoms with E-state index >= 15 is 0 Å². The monoisotopic (exact) mass is 489 g/mol. The van der Waals surface area contributed by atoms with Crippen molar-refractivity contribution < 1.29 is 23.9 Å². The number of aryl methyl sites for hydroxylation is 1. The van der Waals surface area contributed by atoms with Crippen molar-refractivity contribution in [2.75, 3.05) is 20.3 Å². The number of methoxy groups -OCH3 is 1. The van der Waals surface area contributed by atoms with Crippen molar-refractivity contribution in [3.63, 3.8) is 0 Å². The molecule has 8 nitrogen and oxygen atoms in total. The number of benzene rings is 2. The summed E-state index contributed by atoms with van der Waals surface area (Å²) < 4.78 is 11.7. The van der Waals surface area contributed by atoms with Crippen molar-refractivity contribution in [2.24, 2.45) is 5.73 Å². The highest BCUT2D eigenvalue weighted by Gasteiger charge is 2.16. The second kappa shape index (κ2) is 10.4.